The van der Waals surface area contributed by atoms with E-state index in [1.807, 2.05) is 19.1 Å². The predicted octanol–water partition coefficient (Wildman–Crippen LogP) is 3.25. The molecule has 0 radical (unpaired) electrons. The Morgan fingerprint density at radius 1 is 0.963 bits per heavy atom. The summed E-state index contributed by atoms with van der Waals surface area (Å²) in [6.45, 7) is 4.40. The molecule has 7 nitrogen and oxygen atoms in total. The van der Waals surface area contributed by atoms with Gasteiger partial charge >= 0.3 is 0 Å². The highest BCUT2D eigenvalue weighted by Gasteiger charge is 2.14. The summed E-state index contributed by atoms with van der Waals surface area (Å²) >= 11 is 0. The molecular weight excluding hydrogens is 370 g/mol. The highest BCUT2D eigenvalue weighted by atomic mass is 32.2. The predicted molar refractivity (Wildman–Crippen MR) is 99.4 cm³/mol. The minimum absolute atomic E-state index is 0.0560. The molecule has 0 N–H and O–H groups in total. The molecule has 0 aliphatic carbocycles. The average Bonchev–Trinajstić information content (AvgIpc) is 3.00. The lowest BCUT2D eigenvalue weighted by Crippen LogP contribution is -2.14. The van der Waals surface area contributed by atoms with Crippen molar-refractivity contribution >= 4 is 21.2 Å². The fourth-order valence-electron chi connectivity index (χ4n) is 2.41. The second kappa shape index (κ2) is 8.51. The van der Waals surface area contributed by atoms with Gasteiger partial charge in [-0.2, -0.15) is 8.42 Å². The summed E-state index contributed by atoms with van der Waals surface area (Å²) in [6, 6.07) is 11.9. The van der Waals surface area contributed by atoms with Crippen LogP contribution in [-0.2, 0) is 19.0 Å². The van der Waals surface area contributed by atoms with Gasteiger partial charge in [-0.15, -0.1) is 0 Å². The topological polar surface area (TPSA) is 87.9 Å². The van der Waals surface area contributed by atoms with Crippen molar-refractivity contribution in [2.75, 3.05) is 26.4 Å². The van der Waals surface area contributed by atoms with Gasteiger partial charge in [0.05, 0.1) is 24.7 Å². The zero-order valence-corrected chi connectivity index (χ0v) is 16.0. The quantitative estimate of drug-likeness (QED) is 0.409. The van der Waals surface area contributed by atoms with E-state index in [2.05, 4.69) is 4.98 Å². The number of oxazole rings is 1. The number of benzene rings is 2. The van der Waals surface area contributed by atoms with Crippen LogP contribution in [0.3, 0.4) is 0 Å². The maximum atomic E-state index is 12.0. The molecule has 3 aromatic rings. The number of hydrogen-bond donors (Lipinski definition) is 0. The van der Waals surface area contributed by atoms with Crippen LogP contribution < -0.4 is 4.74 Å². The summed E-state index contributed by atoms with van der Waals surface area (Å²) in [5.74, 6) is 1.26. The maximum Gasteiger partial charge on any atom is 0.297 e. The number of rotatable bonds is 9. The summed E-state index contributed by atoms with van der Waals surface area (Å²) in [5, 5.41) is 0. The van der Waals surface area contributed by atoms with Gasteiger partial charge in [-0.1, -0.05) is 17.7 Å². The molecule has 3 rings (SSSR count). The van der Waals surface area contributed by atoms with E-state index in [4.69, 9.17) is 18.1 Å². The van der Waals surface area contributed by atoms with Crippen molar-refractivity contribution < 1.29 is 26.5 Å². The molecule has 0 fully saturated rings. The molecule has 0 aliphatic rings. The SMILES string of the molecule is Cc1ccc(S(=O)(=O)OCCOCCOc2ccc3nc(C)oc3c2)cc1. The Balaban J connectivity index is 1.36. The number of ether oxygens (including phenoxy) is 2. The monoisotopic (exact) mass is 391 g/mol. The molecule has 144 valence electrons. The van der Waals surface area contributed by atoms with Crippen molar-refractivity contribution in [3.8, 4) is 5.75 Å². The summed E-state index contributed by atoms with van der Waals surface area (Å²) in [6.07, 6.45) is 0. The lowest BCUT2D eigenvalue weighted by atomic mass is 10.2. The van der Waals surface area contributed by atoms with Crippen molar-refractivity contribution in [2.24, 2.45) is 0 Å². The van der Waals surface area contributed by atoms with Crippen molar-refractivity contribution in [3.63, 3.8) is 0 Å². The lowest BCUT2D eigenvalue weighted by molar-refractivity contribution is 0.0779. The summed E-state index contributed by atoms with van der Waals surface area (Å²) in [7, 11) is -3.76. The maximum absolute atomic E-state index is 12.0. The lowest BCUT2D eigenvalue weighted by Gasteiger charge is -2.08. The van der Waals surface area contributed by atoms with Crippen LogP contribution in [0.1, 0.15) is 11.5 Å². The molecule has 0 atom stereocenters. The van der Waals surface area contributed by atoms with E-state index in [0.717, 1.165) is 11.1 Å². The molecule has 8 heteroatoms. The molecule has 2 aromatic carbocycles. The Bertz CT molecular complexity index is 995. The molecule has 0 aliphatic heterocycles. The van der Waals surface area contributed by atoms with E-state index < -0.39 is 10.1 Å². The Hall–Kier alpha value is -2.42. The first-order valence-corrected chi connectivity index (χ1v) is 9.89. The zero-order chi connectivity index (χ0) is 19.3. The first kappa shape index (κ1) is 19.3. The number of fused-ring (bicyclic) bond motifs is 1. The van der Waals surface area contributed by atoms with E-state index in [1.165, 1.54) is 12.1 Å². The van der Waals surface area contributed by atoms with Gasteiger partial charge in [-0.25, -0.2) is 4.98 Å². The molecule has 0 spiro atoms. The fraction of sp³-hybridized carbons (Fsp3) is 0.316. The number of aryl methyl sites for hydroxylation is 2. The van der Waals surface area contributed by atoms with Gasteiger partial charge in [-0.05, 0) is 31.2 Å². The Morgan fingerprint density at radius 2 is 1.70 bits per heavy atom. The van der Waals surface area contributed by atoms with Gasteiger partial charge in [-0.3, -0.25) is 4.18 Å². The van der Waals surface area contributed by atoms with Crippen molar-refractivity contribution in [3.05, 3.63) is 53.9 Å². The first-order chi connectivity index (χ1) is 12.9. The van der Waals surface area contributed by atoms with Gasteiger partial charge in [0.2, 0.25) is 0 Å². The zero-order valence-electron chi connectivity index (χ0n) is 15.2. The van der Waals surface area contributed by atoms with E-state index >= 15 is 0 Å². The van der Waals surface area contributed by atoms with Crippen LogP contribution in [0, 0.1) is 13.8 Å². The second-order valence-electron chi connectivity index (χ2n) is 5.91. The van der Waals surface area contributed by atoms with Gasteiger partial charge in [0.1, 0.15) is 17.9 Å². The number of aromatic nitrogens is 1. The molecule has 1 aromatic heterocycles. The largest absolute Gasteiger partial charge is 0.491 e. The third kappa shape index (κ3) is 5.29. The average molecular weight is 391 g/mol. The number of hydrogen-bond acceptors (Lipinski definition) is 7. The van der Waals surface area contributed by atoms with Crippen LogP contribution in [0.25, 0.3) is 11.1 Å². The summed E-state index contributed by atoms with van der Waals surface area (Å²) < 4.78 is 45.4. The minimum Gasteiger partial charge on any atom is -0.491 e. The highest BCUT2D eigenvalue weighted by molar-refractivity contribution is 7.86. The van der Waals surface area contributed by atoms with Crippen molar-refractivity contribution in [2.45, 2.75) is 18.7 Å². The van der Waals surface area contributed by atoms with Gasteiger partial charge in [0, 0.05) is 13.0 Å². The third-order valence-corrected chi connectivity index (χ3v) is 5.07. The van der Waals surface area contributed by atoms with Gasteiger partial charge in [0.25, 0.3) is 10.1 Å². The summed E-state index contributed by atoms with van der Waals surface area (Å²) in [4.78, 5) is 4.35. The molecule has 0 unspecified atom stereocenters. The normalized spacial score (nSPS) is 11.8. The van der Waals surface area contributed by atoms with E-state index in [-0.39, 0.29) is 18.1 Å². The molecule has 0 saturated heterocycles. The van der Waals surface area contributed by atoms with Crippen molar-refractivity contribution in [1.82, 2.24) is 4.98 Å². The van der Waals surface area contributed by atoms with Crippen LogP contribution in [0.5, 0.6) is 5.75 Å². The molecule has 0 bridgehead atoms. The standard InChI is InChI=1S/C19H21NO6S/c1-14-3-6-17(7-4-14)27(21,22)25-12-10-23-9-11-24-16-5-8-18-19(13-16)26-15(2)20-18/h3-8,13H,9-12H2,1-2H3. The van der Waals surface area contributed by atoms with E-state index in [0.29, 0.717) is 30.4 Å². The highest BCUT2D eigenvalue weighted by Crippen LogP contribution is 2.21. The minimum atomic E-state index is -3.76. The van der Waals surface area contributed by atoms with Crippen LogP contribution in [-0.4, -0.2) is 39.8 Å². The van der Waals surface area contributed by atoms with E-state index in [9.17, 15) is 8.42 Å². The third-order valence-electron chi connectivity index (χ3n) is 3.74. The Kier molecular flexibility index (Phi) is 6.10. The Morgan fingerprint density at radius 3 is 2.48 bits per heavy atom. The summed E-state index contributed by atoms with van der Waals surface area (Å²) in [5.41, 5.74) is 2.43. The molecule has 27 heavy (non-hydrogen) atoms. The van der Waals surface area contributed by atoms with Crippen LogP contribution in [0.4, 0.5) is 0 Å². The molecule has 0 amide bonds. The van der Waals surface area contributed by atoms with Gasteiger partial charge < -0.3 is 13.9 Å². The first-order valence-electron chi connectivity index (χ1n) is 8.48. The van der Waals surface area contributed by atoms with Crippen LogP contribution >= 0.6 is 0 Å². The fourth-order valence-corrected chi connectivity index (χ4v) is 3.30. The molecule has 0 saturated carbocycles. The number of nitrogens with zero attached hydrogens (tertiary/aromatic N) is 1. The van der Waals surface area contributed by atoms with Crippen molar-refractivity contribution in [1.29, 1.82) is 0 Å². The molecule has 1 heterocycles. The second-order valence-corrected chi connectivity index (χ2v) is 7.53. The Labute approximate surface area is 158 Å². The smallest absolute Gasteiger partial charge is 0.297 e. The van der Waals surface area contributed by atoms with E-state index in [1.54, 1.807) is 25.1 Å². The van der Waals surface area contributed by atoms with Crippen LogP contribution in [0.15, 0.2) is 51.8 Å². The van der Waals surface area contributed by atoms with Crippen LogP contribution in [0.2, 0.25) is 0 Å². The van der Waals surface area contributed by atoms with Gasteiger partial charge in [0.15, 0.2) is 11.5 Å². The molecular formula is C19H21NO6S.